The molecular formula is C18H22N4O3. The molecule has 2 atom stereocenters. The predicted octanol–water partition coefficient (Wildman–Crippen LogP) is 1.95. The highest BCUT2D eigenvalue weighted by Crippen LogP contribution is 2.40. The molecule has 1 saturated carbocycles. The van der Waals surface area contributed by atoms with Crippen LogP contribution in [0.2, 0.25) is 0 Å². The van der Waals surface area contributed by atoms with Crippen molar-refractivity contribution in [2.24, 2.45) is 7.05 Å². The van der Waals surface area contributed by atoms with E-state index in [1.807, 2.05) is 23.4 Å². The maximum atomic E-state index is 12.6. The summed E-state index contributed by atoms with van der Waals surface area (Å²) in [7, 11) is 1.92. The van der Waals surface area contributed by atoms with Gasteiger partial charge in [-0.25, -0.2) is 4.98 Å². The fourth-order valence-corrected chi connectivity index (χ4v) is 3.69. The molecule has 0 aromatic carbocycles. The van der Waals surface area contributed by atoms with Crippen molar-refractivity contribution < 1.29 is 14.0 Å². The van der Waals surface area contributed by atoms with Crippen LogP contribution in [0.3, 0.4) is 0 Å². The van der Waals surface area contributed by atoms with Crippen molar-refractivity contribution in [2.75, 3.05) is 0 Å². The first-order valence-electron chi connectivity index (χ1n) is 8.68. The average molecular weight is 342 g/mol. The van der Waals surface area contributed by atoms with Gasteiger partial charge in [0.2, 0.25) is 5.91 Å². The molecule has 1 aliphatic heterocycles. The number of hydrogen-bond donors (Lipinski definition) is 1. The molecule has 132 valence electrons. The minimum absolute atomic E-state index is 0.161. The van der Waals surface area contributed by atoms with Crippen LogP contribution in [-0.2, 0) is 11.8 Å². The molecule has 0 unspecified atom stereocenters. The summed E-state index contributed by atoms with van der Waals surface area (Å²) in [5.41, 5.74) is 1.75. The molecule has 4 rings (SSSR count). The molecule has 0 spiro atoms. The number of piperidine rings is 1. The minimum Gasteiger partial charge on any atom is -0.459 e. The average Bonchev–Trinajstić information content (AvgIpc) is 3.19. The van der Waals surface area contributed by atoms with Crippen molar-refractivity contribution >= 4 is 11.8 Å². The number of hydrogen-bond acceptors (Lipinski definition) is 4. The van der Waals surface area contributed by atoms with Crippen LogP contribution < -0.4 is 5.32 Å². The molecule has 2 fully saturated rings. The quantitative estimate of drug-likeness (QED) is 0.921. The lowest BCUT2D eigenvalue weighted by Crippen LogP contribution is -2.53. The number of furan rings is 1. The summed E-state index contributed by atoms with van der Waals surface area (Å²) in [4.78, 5) is 31.4. The van der Waals surface area contributed by atoms with E-state index < -0.39 is 0 Å². The van der Waals surface area contributed by atoms with E-state index in [4.69, 9.17) is 4.42 Å². The number of amides is 2. The van der Waals surface area contributed by atoms with Crippen molar-refractivity contribution in [3.63, 3.8) is 0 Å². The lowest BCUT2D eigenvalue weighted by molar-refractivity contribution is -0.138. The number of likely N-dealkylation sites (tertiary alicyclic amines) is 1. The molecule has 7 nitrogen and oxygen atoms in total. The van der Waals surface area contributed by atoms with Crippen LogP contribution in [0.5, 0.6) is 0 Å². The Kier molecular flexibility index (Phi) is 3.86. The van der Waals surface area contributed by atoms with Gasteiger partial charge >= 0.3 is 0 Å². The summed E-state index contributed by atoms with van der Waals surface area (Å²) in [6.45, 7) is 1.85. The van der Waals surface area contributed by atoms with Crippen molar-refractivity contribution in [3.05, 3.63) is 41.9 Å². The third-order valence-electron chi connectivity index (χ3n) is 5.12. The first-order chi connectivity index (χ1) is 12.1. The zero-order chi connectivity index (χ0) is 17.6. The first-order valence-corrected chi connectivity index (χ1v) is 8.68. The number of nitrogens with one attached hydrogen (secondary N) is 1. The number of carbonyl (C=O) groups is 2. The fourth-order valence-electron chi connectivity index (χ4n) is 3.69. The summed E-state index contributed by atoms with van der Waals surface area (Å²) in [5, 5.41) is 3.09. The molecule has 0 radical (unpaired) electrons. The second-order valence-electron chi connectivity index (χ2n) is 6.96. The van der Waals surface area contributed by atoms with Gasteiger partial charge in [-0.3, -0.25) is 9.59 Å². The number of nitrogens with zero attached hydrogens (tertiary/aromatic N) is 3. The number of carbonyl (C=O) groups excluding carboxylic acids is 2. The number of aromatic nitrogens is 2. The second kappa shape index (κ2) is 6.06. The predicted molar refractivity (Wildman–Crippen MR) is 89.8 cm³/mol. The van der Waals surface area contributed by atoms with E-state index in [9.17, 15) is 9.59 Å². The Hall–Kier alpha value is -2.57. The molecular weight excluding hydrogens is 320 g/mol. The van der Waals surface area contributed by atoms with Crippen molar-refractivity contribution in [1.82, 2.24) is 19.8 Å². The van der Waals surface area contributed by atoms with Crippen molar-refractivity contribution in [3.8, 4) is 0 Å². The van der Waals surface area contributed by atoms with Gasteiger partial charge in [0.1, 0.15) is 0 Å². The smallest absolute Gasteiger partial charge is 0.287 e. The van der Waals surface area contributed by atoms with Crippen LogP contribution >= 0.6 is 0 Å². The minimum atomic E-state index is -0.232. The fraction of sp³-hybridized carbons (Fsp3) is 0.500. The van der Waals surface area contributed by atoms with Gasteiger partial charge in [-0.15, -0.1) is 0 Å². The zero-order valence-corrected chi connectivity index (χ0v) is 14.4. The SMILES string of the molecule is Cc1ccoc1C(=O)N[C@@H]1CCC(=O)N(C2CC2)[C@H]1c1cncn1C. The third kappa shape index (κ3) is 2.83. The van der Waals surface area contributed by atoms with Gasteiger partial charge in [-0.1, -0.05) is 0 Å². The molecule has 25 heavy (non-hydrogen) atoms. The lowest BCUT2D eigenvalue weighted by atomic mass is 9.92. The Morgan fingerprint density at radius 3 is 2.76 bits per heavy atom. The summed E-state index contributed by atoms with van der Waals surface area (Å²) in [6.07, 6.45) is 8.15. The van der Waals surface area contributed by atoms with Gasteiger partial charge in [0, 0.05) is 25.1 Å². The normalized spacial score (nSPS) is 23.8. The van der Waals surface area contributed by atoms with Gasteiger partial charge in [-0.2, -0.15) is 0 Å². The van der Waals surface area contributed by atoms with Gasteiger partial charge in [0.25, 0.3) is 5.91 Å². The van der Waals surface area contributed by atoms with E-state index in [0.29, 0.717) is 18.6 Å². The molecule has 2 amide bonds. The van der Waals surface area contributed by atoms with E-state index in [-0.39, 0.29) is 29.9 Å². The number of rotatable bonds is 4. The van der Waals surface area contributed by atoms with E-state index in [1.165, 1.54) is 6.26 Å². The summed E-state index contributed by atoms with van der Waals surface area (Å²) >= 11 is 0. The van der Waals surface area contributed by atoms with Crippen LogP contribution in [-0.4, -0.2) is 38.3 Å². The standard InChI is InChI=1S/C18H22N4O3/c1-11-7-8-25-17(11)18(24)20-13-5-6-15(23)22(12-3-4-12)16(13)14-9-19-10-21(14)2/h7-10,12-13,16H,3-6H2,1-2H3,(H,20,24)/t13-,16-/m1/s1. The van der Waals surface area contributed by atoms with Gasteiger partial charge in [-0.05, 0) is 32.3 Å². The molecule has 7 heteroatoms. The number of aryl methyl sites for hydroxylation is 2. The second-order valence-corrected chi connectivity index (χ2v) is 6.96. The topological polar surface area (TPSA) is 80.4 Å². The van der Waals surface area contributed by atoms with Gasteiger partial charge in [0.15, 0.2) is 5.76 Å². The van der Waals surface area contributed by atoms with Crippen LogP contribution in [0.15, 0.2) is 29.3 Å². The lowest BCUT2D eigenvalue weighted by Gasteiger charge is -2.41. The Balaban J connectivity index is 1.65. The van der Waals surface area contributed by atoms with Crippen LogP contribution in [0, 0.1) is 6.92 Å². The van der Waals surface area contributed by atoms with Crippen LogP contribution in [0.25, 0.3) is 0 Å². The number of imidazole rings is 1. The molecule has 2 aromatic heterocycles. The van der Waals surface area contributed by atoms with Gasteiger partial charge < -0.3 is 19.2 Å². The van der Waals surface area contributed by atoms with Crippen LogP contribution in [0.4, 0.5) is 0 Å². The summed E-state index contributed by atoms with van der Waals surface area (Å²) < 4.78 is 7.24. The zero-order valence-electron chi connectivity index (χ0n) is 14.4. The molecule has 1 N–H and O–H groups in total. The molecule has 0 bridgehead atoms. The largest absolute Gasteiger partial charge is 0.459 e. The summed E-state index contributed by atoms with van der Waals surface area (Å²) in [5.74, 6) is 0.261. The third-order valence-corrected chi connectivity index (χ3v) is 5.12. The molecule has 1 saturated heterocycles. The molecule has 2 aromatic rings. The molecule has 3 heterocycles. The van der Waals surface area contributed by atoms with Crippen molar-refractivity contribution in [2.45, 2.75) is 50.7 Å². The van der Waals surface area contributed by atoms with E-state index in [2.05, 4.69) is 10.3 Å². The maximum Gasteiger partial charge on any atom is 0.287 e. The monoisotopic (exact) mass is 342 g/mol. The van der Waals surface area contributed by atoms with Crippen molar-refractivity contribution in [1.29, 1.82) is 0 Å². The Bertz CT molecular complexity index is 805. The summed E-state index contributed by atoms with van der Waals surface area (Å²) in [6, 6.07) is 1.69. The van der Waals surface area contributed by atoms with E-state index >= 15 is 0 Å². The Morgan fingerprint density at radius 2 is 2.16 bits per heavy atom. The first kappa shape index (κ1) is 15.9. The highest BCUT2D eigenvalue weighted by atomic mass is 16.3. The Morgan fingerprint density at radius 1 is 1.36 bits per heavy atom. The van der Waals surface area contributed by atoms with E-state index in [0.717, 1.165) is 24.1 Å². The van der Waals surface area contributed by atoms with Gasteiger partial charge in [0.05, 0.1) is 36.6 Å². The maximum absolute atomic E-state index is 12.6. The van der Waals surface area contributed by atoms with E-state index in [1.54, 1.807) is 18.6 Å². The molecule has 2 aliphatic rings. The van der Waals surface area contributed by atoms with Crippen LogP contribution in [0.1, 0.15) is 53.5 Å². The highest BCUT2D eigenvalue weighted by Gasteiger charge is 2.45. The molecule has 1 aliphatic carbocycles. The highest BCUT2D eigenvalue weighted by molar-refractivity contribution is 5.93. The Labute approximate surface area is 146 Å².